The van der Waals surface area contributed by atoms with E-state index in [0.29, 0.717) is 24.7 Å². The molecule has 2 rings (SSSR count). The summed E-state index contributed by atoms with van der Waals surface area (Å²) < 4.78 is 10.8. The third-order valence-electron chi connectivity index (χ3n) is 3.71. The summed E-state index contributed by atoms with van der Waals surface area (Å²) in [7, 11) is 3.39. The fourth-order valence-electron chi connectivity index (χ4n) is 2.30. The van der Waals surface area contributed by atoms with Gasteiger partial charge in [-0.2, -0.15) is 0 Å². The van der Waals surface area contributed by atoms with Gasteiger partial charge in [0.15, 0.2) is 11.5 Å². The molecule has 0 spiro atoms. The van der Waals surface area contributed by atoms with Gasteiger partial charge in [-0.1, -0.05) is 12.1 Å². The molecule has 132 valence electrons. The van der Waals surface area contributed by atoms with E-state index in [2.05, 4.69) is 4.98 Å². The van der Waals surface area contributed by atoms with Crippen LogP contribution in [0, 0.1) is 0 Å². The lowest BCUT2D eigenvalue weighted by Gasteiger charge is -2.14. The second-order valence-electron chi connectivity index (χ2n) is 5.51. The summed E-state index contributed by atoms with van der Waals surface area (Å²) in [6, 6.07) is 11.4. The maximum absolute atomic E-state index is 12.2. The third-order valence-corrected chi connectivity index (χ3v) is 3.71. The molecule has 0 saturated heterocycles. The Labute approximate surface area is 148 Å². The molecular formula is C20H24N2O3. The van der Waals surface area contributed by atoms with Crippen LogP contribution in [0.4, 0.5) is 0 Å². The van der Waals surface area contributed by atoms with Gasteiger partial charge in [0.25, 0.3) is 0 Å². The number of carbonyl (C=O) groups excluding carboxylic acids is 1. The summed E-state index contributed by atoms with van der Waals surface area (Å²) in [6.45, 7) is 3.09. The van der Waals surface area contributed by atoms with Gasteiger partial charge in [0, 0.05) is 38.0 Å². The van der Waals surface area contributed by atoms with Crippen LogP contribution in [-0.2, 0) is 11.2 Å². The number of benzene rings is 1. The second kappa shape index (κ2) is 9.47. The van der Waals surface area contributed by atoms with Crippen LogP contribution in [0.2, 0.25) is 0 Å². The molecule has 0 radical (unpaired) electrons. The number of likely N-dealkylation sites (N-methyl/N-ethyl adjacent to an activating group) is 1. The van der Waals surface area contributed by atoms with E-state index >= 15 is 0 Å². The standard InChI is InChI=1S/C20H24N2O3/c1-4-25-19-15-16(8-10-18(19)24-3)9-11-20(23)22(2)14-12-17-7-5-6-13-21-17/h5-11,13,15H,4,12,14H2,1-3H3/b11-9+. The van der Waals surface area contributed by atoms with Gasteiger partial charge in [-0.25, -0.2) is 0 Å². The smallest absolute Gasteiger partial charge is 0.246 e. The first kappa shape index (κ1) is 18.5. The molecule has 0 N–H and O–H groups in total. The van der Waals surface area contributed by atoms with Crippen molar-refractivity contribution >= 4 is 12.0 Å². The first-order valence-corrected chi connectivity index (χ1v) is 8.28. The number of aromatic nitrogens is 1. The summed E-state index contributed by atoms with van der Waals surface area (Å²) >= 11 is 0. The molecule has 1 aromatic heterocycles. The molecule has 0 aliphatic rings. The minimum atomic E-state index is -0.0512. The van der Waals surface area contributed by atoms with Crippen molar-refractivity contribution in [2.45, 2.75) is 13.3 Å². The first-order chi connectivity index (χ1) is 12.1. The molecule has 0 atom stereocenters. The highest BCUT2D eigenvalue weighted by molar-refractivity contribution is 5.91. The largest absolute Gasteiger partial charge is 0.493 e. The number of ether oxygens (including phenoxy) is 2. The molecule has 5 heteroatoms. The van der Waals surface area contributed by atoms with Crippen LogP contribution in [0.3, 0.4) is 0 Å². The van der Waals surface area contributed by atoms with Crippen molar-refractivity contribution in [1.29, 1.82) is 0 Å². The second-order valence-corrected chi connectivity index (χ2v) is 5.51. The van der Waals surface area contributed by atoms with Crippen molar-refractivity contribution in [2.24, 2.45) is 0 Å². The molecule has 0 saturated carbocycles. The zero-order chi connectivity index (χ0) is 18.1. The number of nitrogens with zero attached hydrogens (tertiary/aromatic N) is 2. The molecule has 0 aliphatic carbocycles. The number of rotatable bonds is 8. The van der Waals surface area contributed by atoms with Gasteiger partial charge in [-0.05, 0) is 42.8 Å². The molecule has 0 bridgehead atoms. The minimum Gasteiger partial charge on any atom is -0.493 e. The van der Waals surface area contributed by atoms with Crippen molar-refractivity contribution in [2.75, 3.05) is 27.3 Å². The van der Waals surface area contributed by atoms with Crippen LogP contribution in [0.5, 0.6) is 11.5 Å². The van der Waals surface area contributed by atoms with Gasteiger partial charge >= 0.3 is 0 Å². The van der Waals surface area contributed by atoms with Gasteiger partial charge in [-0.15, -0.1) is 0 Å². The summed E-state index contributed by atoms with van der Waals surface area (Å²) in [5.74, 6) is 1.30. The fourth-order valence-corrected chi connectivity index (χ4v) is 2.30. The van der Waals surface area contributed by atoms with E-state index in [1.54, 1.807) is 37.4 Å². The molecule has 1 aromatic carbocycles. The average Bonchev–Trinajstić information content (AvgIpc) is 2.65. The van der Waals surface area contributed by atoms with Crippen LogP contribution in [-0.4, -0.2) is 43.1 Å². The Hall–Kier alpha value is -2.82. The minimum absolute atomic E-state index is 0.0512. The lowest BCUT2D eigenvalue weighted by Crippen LogP contribution is -2.27. The molecule has 0 fully saturated rings. The average molecular weight is 340 g/mol. The summed E-state index contributed by atoms with van der Waals surface area (Å²) in [5, 5.41) is 0. The highest BCUT2D eigenvalue weighted by Crippen LogP contribution is 2.28. The van der Waals surface area contributed by atoms with Crippen LogP contribution in [0.25, 0.3) is 6.08 Å². The monoisotopic (exact) mass is 340 g/mol. The van der Waals surface area contributed by atoms with Crippen LogP contribution in [0.15, 0.2) is 48.7 Å². The van der Waals surface area contributed by atoms with Crippen molar-refractivity contribution in [3.8, 4) is 11.5 Å². The topological polar surface area (TPSA) is 51.7 Å². The zero-order valence-electron chi connectivity index (χ0n) is 14.9. The normalized spacial score (nSPS) is 10.7. The number of hydrogen-bond donors (Lipinski definition) is 0. The summed E-state index contributed by atoms with van der Waals surface area (Å²) in [6.07, 6.45) is 5.84. The Kier molecular flexibility index (Phi) is 7.01. The third kappa shape index (κ3) is 5.64. The Morgan fingerprint density at radius 1 is 1.24 bits per heavy atom. The van der Waals surface area contributed by atoms with E-state index in [-0.39, 0.29) is 5.91 Å². The molecular weight excluding hydrogens is 316 g/mol. The van der Waals surface area contributed by atoms with E-state index in [9.17, 15) is 4.79 Å². The van der Waals surface area contributed by atoms with Gasteiger partial charge in [0.1, 0.15) is 0 Å². The zero-order valence-corrected chi connectivity index (χ0v) is 14.9. The molecule has 5 nitrogen and oxygen atoms in total. The molecule has 1 heterocycles. The van der Waals surface area contributed by atoms with Gasteiger partial charge < -0.3 is 14.4 Å². The lowest BCUT2D eigenvalue weighted by molar-refractivity contribution is -0.124. The first-order valence-electron chi connectivity index (χ1n) is 8.28. The summed E-state index contributed by atoms with van der Waals surface area (Å²) in [4.78, 5) is 18.2. The number of methoxy groups -OCH3 is 1. The van der Waals surface area contributed by atoms with Gasteiger partial charge in [-0.3, -0.25) is 9.78 Å². The van der Waals surface area contributed by atoms with Gasteiger partial charge in [0.2, 0.25) is 5.91 Å². The number of hydrogen-bond acceptors (Lipinski definition) is 4. The molecule has 1 amide bonds. The maximum atomic E-state index is 12.2. The Morgan fingerprint density at radius 2 is 2.08 bits per heavy atom. The van der Waals surface area contributed by atoms with Crippen molar-refractivity contribution in [3.63, 3.8) is 0 Å². The summed E-state index contributed by atoms with van der Waals surface area (Å²) in [5.41, 5.74) is 1.86. The predicted molar refractivity (Wildman–Crippen MR) is 98.8 cm³/mol. The van der Waals surface area contributed by atoms with Crippen molar-refractivity contribution in [3.05, 3.63) is 59.9 Å². The molecule has 0 aliphatic heterocycles. The SMILES string of the molecule is CCOc1cc(/C=C/C(=O)N(C)CCc2ccccn2)ccc1OC. The maximum Gasteiger partial charge on any atom is 0.246 e. The Morgan fingerprint density at radius 3 is 2.76 bits per heavy atom. The Bertz CT molecular complexity index is 714. The number of carbonyl (C=O) groups is 1. The number of pyridine rings is 1. The van der Waals surface area contributed by atoms with Crippen molar-refractivity contribution in [1.82, 2.24) is 9.88 Å². The number of amides is 1. The quantitative estimate of drug-likeness (QED) is 0.693. The Balaban J connectivity index is 1.95. The highest BCUT2D eigenvalue weighted by Gasteiger charge is 2.07. The highest BCUT2D eigenvalue weighted by atomic mass is 16.5. The van der Waals surface area contributed by atoms with E-state index in [1.807, 2.05) is 43.3 Å². The lowest BCUT2D eigenvalue weighted by atomic mass is 10.2. The van der Waals surface area contributed by atoms with E-state index in [1.165, 1.54) is 0 Å². The van der Waals surface area contributed by atoms with Crippen LogP contribution < -0.4 is 9.47 Å². The van der Waals surface area contributed by atoms with Crippen LogP contribution in [0.1, 0.15) is 18.2 Å². The van der Waals surface area contributed by atoms with E-state index in [4.69, 9.17) is 9.47 Å². The molecule has 0 unspecified atom stereocenters. The fraction of sp³-hybridized carbons (Fsp3) is 0.300. The van der Waals surface area contributed by atoms with E-state index < -0.39 is 0 Å². The van der Waals surface area contributed by atoms with E-state index in [0.717, 1.165) is 17.7 Å². The molecule has 2 aromatic rings. The van der Waals surface area contributed by atoms with Gasteiger partial charge in [0.05, 0.1) is 13.7 Å². The van der Waals surface area contributed by atoms with Crippen LogP contribution >= 0.6 is 0 Å². The predicted octanol–water partition coefficient (Wildman–Crippen LogP) is 3.20. The van der Waals surface area contributed by atoms with Crippen molar-refractivity contribution < 1.29 is 14.3 Å². The molecule has 25 heavy (non-hydrogen) atoms.